The molecule has 0 N–H and O–H groups in total. The van der Waals surface area contributed by atoms with Crippen LogP contribution in [0.2, 0.25) is 0 Å². The van der Waals surface area contributed by atoms with E-state index in [2.05, 4.69) is 264 Å². The Hall–Kier alpha value is -7.68. The van der Waals surface area contributed by atoms with Crippen LogP contribution in [-0.2, 0) is 13.1 Å². The van der Waals surface area contributed by atoms with Crippen LogP contribution in [-0.4, -0.2) is 0 Å². The van der Waals surface area contributed by atoms with Gasteiger partial charge in [-0.3, -0.25) is 0 Å². The largest absolute Gasteiger partial charge is 0.222 e. The second-order valence-corrected chi connectivity index (χ2v) is 20.5. The fourth-order valence-electron chi connectivity index (χ4n) is 9.90. The molecule has 0 saturated carbocycles. The van der Waals surface area contributed by atoms with E-state index < -0.39 is 20.5 Å². The molecule has 2 aromatic heterocycles. The zero-order valence-corrected chi connectivity index (χ0v) is 45.0. The van der Waals surface area contributed by atoms with Crippen molar-refractivity contribution in [2.45, 2.75) is 58.0 Å². The smallest absolute Gasteiger partial charge is 0.169 e. The van der Waals surface area contributed by atoms with E-state index >= 15 is 0 Å². The van der Waals surface area contributed by atoms with Crippen LogP contribution in [0.5, 0.6) is 0 Å². The number of benzene rings is 8. The summed E-state index contributed by atoms with van der Waals surface area (Å²) in [5.41, 5.74) is 19.8. The molecule has 2 heterocycles. The van der Waals surface area contributed by atoms with Gasteiger partial charge < -0.3 is 0 Å². The predicted octanol–water partition coefficient (Wildman–Crippen LogP) is 7.52. The number of aryl methyl sites for hydroxylation is 2. The minimum absolute atomic E-state index is 1.04. The molecular formula is C67H60Cl2N2O8. The summed E-state index contributed by atoms with van der Waals surface area (Å²) in [6.07, 6.45) is 17.9. The number of nitrogens with zero attached hydrogens (tertiary/aromatic N) is 2. The van der Waals surface area contributed by atoms with Crippen LogP contribution in [0.15, 0.2) is 255 Å². The van der Waals surface area contributed by atoms with Gasteiger partial charge in [0.15, 0.2) is 24.8 Å². The maximum Gasteiger partial charge on any atom is 0.169 e. The highest BCUT2D eigenvalue weighted by Crippen LogP contribution is 2.45. The minimum atomic E-state index is -4.94. The number of halogens is 2. The number of hydrogen-bond acceptors (Lipinski definition) is 8. The van der Waals surface area contributed by atoms with Crippen molar-refractivity contribution in [3.63, 3.8) is 0 Å². The van der Waals surface area contributed by atoms with Crippen molar-refractivity contribution in [1.82, 2.24) is 0 Å². The summed E-state index contributed by atoms with van der Waals surface area (Å²) in [6, 6.07) is 83.7. The highest BCUT2D eigenvalue weighted by Gasteiger charge is 2.20. The van der Waals surface area contributed by atoms with E-state index in [0.717, 1.165) is 13.1 Å². The molecule has 79 heavy (non-hydrogen) atoms. The average Bonchev–Trinajstić information content (AvgIpc) is 3.49. The molecule has 10 rings (SSSR count). The van der Waals surface area contributed by atoms with Crippen molar-refractivity contribution in [3.05, 3.63) is 255 Å². The lowest BCUT2D eigenvalue weighted by atomic mass is 9.85. The SMILES string of the molecule is [O-][Cl+3]([O-])([O-])[O-].[O-][Cl+3]([O-])([O-])[O-].c1ccc(-c2cc(-c3ccccc3)c(-c3cc[n+](CCCCCCCCC[n+]4ccc(-c5c(-c6ccccc6)cc(-c6ccccc6)cc5-c5ccccc5)cc4)cc3)c(-c3ccccc3)c2)cc1. The summed E-state index contributed by atoms with van der Waals surface area (Å²) in [4.78, 5) is 0. The molecule has 0 bridgehead atoms. The van der Waals surface area contributed by atoms with Gasteiger partial charge in [-0.1, -0.05) is 201 Å². The van der Waals surface area contributed by atoms with Gasteiger partial charge in [-0.2, -0.15) is 0 Å². The number of unbranched alkanes of at least 4 members (excludes halogenated alkanes) is 6. The van der Waals surface area contributed by atoms with Gasteiger partial charge in [-0.05, 0) is 126 Å². The fourth-order valence-corrected chi connectivity index (χ4v) is 9.90. The molecule has 0 aliphatic carbocycles. The first-order chi connectivity index (χ1) is 38.2. The van der Waals surface area contributed by atoms with Crippen LogP contribution in [0, 0.1) is 20.5 Å². The van der Waals surface area contributed by atoms with Gasteiger partial charge in [0, 0.05) is 37.1 Å². The first-order valence-corrected chi connectivity index (χ1v) is 28.6. The van der Waals surface area contributed by atoms with Crippen LogP contribution in [0.25, 0.3) is 89.0 Å². The number of pyridine rings is 2. The maximum absolute atomic E-state index is 8.49. The normalized spacial score (nSPS) is 11.2. The molecule has 12 heteroatoms. The third kappa shape index (κ3) is 17.7. The van der Waals surface area contributed by atoms with E-state index in [1.165, 1.54) is 134 Å². The van der Waals surface area contributed by atoms with E-state index in [1.54, 1.807) is 0 Å². The molecule has 10 nitrogen and oxygen atoms in total. The first-order valence-electron chi connectivity index (χ1n) is 26.2. The Morgan fingerprint density at radius 1 is 0.228 bits per heavy atom. The third-order valence-corrected chi connectivity index (χ3v) is 13.5. The third-order valence-electron chi connectivity index (χ3n) is 13.5. The molecule has 0 amide bonds. The molecule has 0 spiro atoms. The maximum atomic E-state index is 8.49. The van der Waals surface area contributed by atoms with Crippen molar-refractivity contribution in [1.29, 1.82) is 0 Å². The standard InChI is InChI=1S/C67H60N2.2ClHO4/c1(2-4-24-42-68-44-38-58(39-45-68)66-62(54-30-16-8-17-31-54)48-60(52-26-12-6-13-27-52)49-63(66)55-32-18-9-19-33-55)3-5-25-43-69-46-40-59(41-47-69)67-64(56-34-20-10-21-35-56)50-61(53-28-14-7-15-29-53)51-65(67)57-36-22-11-23-37-57;2*2-1(3,4)5/h6-23,26-41,44-51H,1-5,24-25,42-43H2;2*(H,2,3,4,5)/q+2;;/p-2. The van der Waals surface area contributed by atoms with Gasteiger partial charge in [0.2, 0.25) is 0 Å². The molecular weight excluding hydrogens is 1030 g/mol. The van der Waals surface area contributed by atoms with Crippen LogP contribution in [0.3, 0.4) is 0 Å². The van der Waals surface area contributed by atoms with Gasteiger partial charge in [-0.15, -0.1) is 20.5 Å². The average molecular weight is 1090 g/mol. The molecule has 0 unspecified atom stereocenters. The van der Waals surface area contributed by atoms with Crippen LogP contribution < -0.4 is 46.4 Å². The highest BCUT2D eigenvalue weighted by atomic mass is 35.7. The molecule has 400 valence electrons. The highest BCUT2D eigenvalue weighted by molar-refractivity contribution is 5.99. The summed E-state index contributed by atoms with van der Waals surface area (Å²) < 4.78 is 72.7. The van der Waals surface area contributed by atoms with E-state index in [4.69, 9.17) is 37.3 Å². The Balaban J connectivity index is 0.000000756. The quantitative estimate of drug-likeness (QED) is 0.0622. The van der Waals surface area contributed by atoms with E-state index in [0.29, 0.717) is 0 Å². The van der Waals surface area contributed by atoms with Crippen molar-refractivity contribution >= 4 is 0 Å². The fraction of sp³-hybridized carbons (Fsp3) is 0.134. The Morgan fingerprint density at radius 2 is 0.430 bits per heavy atom. The first kappa shape index (κ1) is 57.5. The van der Waals surface area contributed by atoms with Gasteiger partial charge in [0.1, 0.15) is 13.1 Å². The summed E-state index contributed by atoms with van der Waals surface area (Å²) in [6.45, 7) is 2.07. The molecule has 10 aromatic rings. The summed E-state index contributed by atoms with van der Waals surface area (Å²) in [5.74, 6) is 0. The number of rotatable bonds is 18. The Labute approximate surface area is 466 Å². The minimum Gasteiger partial charge on any atom is -0.222 e. The zero-order valence-electron chi connectivity index (χ0n) is 43.5. The lowest BCUT2D eigenvalue weighted by Gasteiger charge is -2.19. The summed E-state index contributed by atoms with van der Waals surface area (Å²) in [5, 5.41) is 0. The van der Waals surface area contributed by atoms with Gasteiger partial charge in [0.05, 0.1) is 0 Å². The summed E-state index contributed by atoms with van der Waals surface area (Å²) in [7, 11) is -9.89. The van der Waals surface area contributed by atoms with Gasteiger partial charge >= 0.3 is 0 Å². The van der Waals surface area contributed by atoms with Crippen molar-refractivity contribution in [2.24, 2.45) is 0 Å². The molecule has 0 fully saturated rings. The molecule has 0 aliphatic rings. The molecule has 0 aliphatic heterocycles. The molecule has 0 radical (unpaired) electrons. The van der Waals surface area contributed by atoms with Crippen LogP contribution in [0.4, 0.5) is 0 Å². The molecule has 0 atom stereocenters. The second-order valence-electron chi connectivity index (χ2n) is 19.0. The molecule has 8 aromatic carbocycles. The van der Waals surface area contributed by atoms with Crippen LogP contribution >= 0.6 is 0 Å². The van der Waals surface area contributed by atoms with Crippen molar-refractivity contribution in [2.75, 3.05) is 0 Å². The second kappa shape index (κ2) is 28.3. The lowest BCUT2D eigenvalue weighted by Crippen LogP contribution is -2.68. The lowest BCUT2D eigenvalue weighted by molar-refractivity contribution is -2.00. The van der Waals surface area contributed by atoms with E-state index in [9.17, 15) is 0 Å². The van der Waals surface area contributed by atoms with E-state index in [-0.39, 0.29) is 0 Å². The Bertz CT molecular complexity index is 3060. The monoisotopic (exact) mass is 1090 g/mol. The topological polar surface area (TPSA) is 192 Å². The van der Waals surface area contributed by atoms with E-state index in [1.807, 2.05) is 0 Å². The van der Waals surface area contributed by atoms with Crippen molar-refractivity contribution in [3.8, 4) is 89.0 Å². The Morgan fingerprint density at radius 3 is 0.658 bits per heavy atom. The zero-order chi connectivity index (χ0) is 55.5. The van der Waals surface area contributed by atoms with Gasteiger partial charge in [-0.25, -0.2) is 46.4 Å². The van der Waals surface area contributed by atoms with Crippen LogP contribution in [0.1, 0.15) is 44.9 Å². The van der Waals surface area contributed by atoms with Gasteiger partial charge in [0.25, 0.3) is 0 Å². The predicted molar refractivity (Wildman–Crippen MR) is 289 cm³/mol. The number of aromatic nitrogens is 2. The van der Waals surface area contributed by atoms with Crippen molar-refractivity contribution < 1.29 is 66.9 Å². The summed E-state index contributed by atoms with van der Waals surface area (Å²) >= 11 is 0. The number of hydrogen-bond donors (Lipinski definition) is 0. The molecule has 0 saturated heterocycles. The Kier molecular flexibility index (Phi) is 20.6.